The molecule has 1 aromatic carbocycles. The predicted octanol–water partition coefficient (Wildman–Crippen LogP) is 4.00. The fourth-order valence-corrected chi connectivity index (χ4v) is 2.27. The van der Waals surface area contributed by atoms with Gasteiger partial charge < -0.3 is 9.47 Å². The van der Waals surface area contributed by atoms with Crippen molar-refractivity contribution in [1.82, 2.24) is 4.98 Å². The lowest BCUT2D eigenvalue weighted by Gasteiger charge is -2.13. The summed E-state index contributed by atoms with van der Waals surface area (Å²) in [6.45, 7) is 2.11. The van der Waals surface area contributed by atoms with Crippen LogP contribution in [0.1, 0.15) is 34.5 Å². The number of aromatic nitrogens is 1. The summed E-state index contributed by atoms with van der Waals surface area (Å²) in [7, 11) is 1.45. The van der Waals surface area contributed by atoms with Gasteiger partial charge in [-0.2, -0.15) is 18.4 Å². The van der Waals surface area contributed by atoms with E-state index in [4.69, 9.17) is 9.47 Å². The van der Waals surface area contributed by atoms with E-state index in [1.165, 1.54) is 25.3 Å². The summed E-state index contributed by atoms with van der Waals surface area (Å²) in [5.41, 5.74) is -0.838. The molecule has 0 N–H and O–H groups in total. The number of benzene rings is 1. The Morgan fingerprint density at radius 3 is 2.50 bits per heavy atom. The standard InChI is InChI=1S/C18H15F3N2O3/c1-3-26-16-8-11(4-7-15(16)25-2)17(24)13(9-22)14-6-5-12(10-23-14)18(19,20)21/h4-8,10,13H,3H2,1-2H3. The lowest BCUT2D eigenvalue weighted by atomic mass is 9.95. The van der Waals surface area contributed by atoms with Crippen LogP contribution in [-0.4, -0.2) is 24.5 Å². The molecule has 1 heterocycles. The van der Waals surface area contributed by atoms with Crippen LogP contribution in [0.25, 0.3) is 0 Å². The molecule has 0 aliphatic heterocycles. The number of nitriles is 1. The van der Waals surface area contributed by atoms with Crippen LogP contribution in [-0.2, 0) is 6.18 Å². The SMILES string of the molecule is CCOc1cc(C(=O)C(C#N)c2ccc(C(F)(F)F)cn2)ccc1OC. The van der Waals surface area contributed by atoms with Gasteiger partial charge in [0.05, 0.1) is 31.0 Å². The molecular weight excluding hydrogens is 349 g/mol. The highest BCUT2D eigenvalue weighted by Gasteiger charge is 2.32. The number of hydrogen-bond acceptors (Lipinski definition) is 5. The molecular formula is C18H15F3N2O3. The van der Waals surface area contributed by atoms with Gasteiger partial charge in [-0.05, 0) is 37.3 Å². The maximum Gasteiger partial charge on any atom is 0.417 e. The van der Waals surface area contributed by atoms with Gasteiger partial charge >= 0.3 is 6.18 Å². The van der Waals surface area contributed by atoms with Gasteiger partial charge in [0, 0.05) is 11.8 Å². The second kappa shape index (κ2) is 7.87. The summed E-state index contributed by atoms with van der Waals surface area (Å²) < 4.78 is 48.4. The van der Waals surface area contributed by atoms with Crippen LogP contribution >= 0.6 is 0 Å². The Morgan fingerprint density at radius 1 is 1.27 bits per heavy atom. The fraction of sp³-hybridized carbons (Fsp3) is 0.278. The smallest absolute Gasteiger partial charge is 0.417 e. The highest BCUT2D eigenvalue weighted by atomic mass is 19.4. The second-order valence-corrected chi connectivity index (χ2v) is 5.19. The van der Waals surface area contributed by atoms with E-state index < -0.39 is 23.4 Å². The van der Waals surface area contributed by atoms with E-state index in [-0.39, 0.29) is 11.3 Å². The largest absolute Gasteiger partial charge is 0.493 e. The highest BCUT2D eigenvalue weighted by Crippen LogP contribution is 2.32. The summed E-state index contributed by atoms with van der Waals surface area (Å²) in [6.07, 6.45) is -3.94. The molecule has 1 aromatic heterocycles. The first-order chi connectivity index (χ1) is 12.3. The number of methoxy groups -OCH3 is 1. The van der Waals surface area contributed by atoms with Crippen LogP contribution in [0.2, 0.25) is 0 Å². The molecule has 2 rings (SSSR count). The minimum atomic E-state index is -4.54. The topological polar surface area (TPSA) is 72.2 Å². The molecule has 0 aliphatic rings. The predicted molar refractivity (Wildman–Crippen MR) is 86.1 cm³/mol. The number of nitrogens with zero attached hydrogens (tertiary/aromatic N) is 2. The Morgan fingerprint density at radius 2 is 2.00 bits per heavy atom. The van der Waals surface area contributed by atoms with Crippen molar-refractivity contribution in [2.45, 2.75) is 19.0 Å². The van der Waals surface area contributed by atoms with Crippen molar-refractivity contribution in [3.63, 3.8) is 0 Å². The first-order valence-electron chi connectivity index (χ1n) is 7.59. The molecule has 5 nitrogen and oxygen atoms in total. The van der Waals surface area contributed by atoms with Gasteiger partial charge in [-0.25, -0.2) is 0 Å². The van der Waals surface area contributed by atoms with Crippen molar-refractivity contribution in [3.8, 4) is 17.6 Å². The number of rotatable bonds is 6. The average molecular weight is 364 g/mol. The normalized spacial score (nSPS) is 12.2. The zero-order valence-corrected chi connectivity index (χ0v) is 14.0. The minimum absolute atomic E-state index is 0.0562. The molecule has 1 atom stereocenters. The van der Waals surface area contributed by atoms with Crippen LogP contribution < -0.4 is 9.47 Å². The third kappa shape index (κ3) is 4.11. The van der Waals surface area contributed by atoms with E-state index in [1.807, 2.05) is 0 Å². The number of Topliss-reactive ketones (excluding diaryl/α,β-unsaturated/α-hetero) is 1. The lowest BCUT2D eigenvalue weighted by molar-refractivity contribution is -0.137. The molecule has 26 heavy (non-hydrogen) atoms. The third-order valence-electron chi connectivity index (χ3n) is 3.55. The molecule has 0 saturated heterocycles. The van der Waals surface area contributed by atoms with Gasteiger partial charge in [0.15, 0.2) is 23.2 Å². The van der Waals surface area contributed by atoms with Gasteiger partial charge in [0.1, 0.15) is 0 Å². The first kappa shape index (κ1) is 19.2. The van der Waals surface area contributed by atoms with Crippen LogP contribution in [0.5, 0.6) is 11.5 Å². The first-order valence-corrected chi connectivity index (χ1v) is 7.59. The number of alkyl halides is 3. The molecule has 2 aromatic rings. The van der Waals surface area contributed by atoms with Crippen molar-refractivity contribution < 1.29 is 27.4 Å². The quantitative estimate of drug-likeness (QED) is 0.725. The summed E-state index contributed by atoms with van der Waals surface area (Å²) in [5.74, 6) is -1.17. The molecule has 0 bridgehead atoms. The maximum atomic E-state index is 12.6. The number of hydrogen-bond donors (Lipinski definition) is 0. The Kier molecular flexibility index (Phi) is 5.82. The maximum absolute atomic E-state index is 12.6. The second-order valence-electron chi connectivity index (χ2n) is 5.19. The van der Waals surface area contributed by atoms with E-state index in [0.29, 0.717) is 24.3 Å². The van der Waals surface area contributed by atoms with Crippen molar-refractivity contribution in [1.29, 1.82) is 5.26 Å². The highest BCUT2D eigenvalue weighted by molar-refractivity contribution is 6.03. The van der Waals surface area contributed by atoms with Crippen LogP contribution in [0.4, 0.5) is 13.2 Å². The van der Waals surface area contributed by atoms with Crippen LogP contribution in [0.3, 0.4) is 0 Å². The summed E-state index contributed by atoms with van der Waals surface area (Å²) in [5, 5.41) is 9.32. The van der Waals surface area contributed by atoms with Crippen LogP contribution in [0.15, 0.2) is 36.5 Å². The van der Waals surface area contributed by atoms with E-state index in [0.717, 1.165) is 12.1 Å². The van der Waals surface area contributed by atoms with E-state index in [2.05, 4.69) is 4.98 Å². The Labute approximate surface area is 148 Å². The van der Waals surface area contributed by atoms with Crippen molar-refractivity contribution in [3.05, 3.63) is 53.3 Å². The molecule has 1 unspecified atom stereocenters. The van der Waals surface area contributed by atoms with Gasteiger partial charge in [-0.3, -0.25) is 9.78 Å². The molecule has 0 aliphatic carbocycles. The number of carbonyl (C=O) groups excluding carboxylic acids is 1. The number of carbonyl (C=O) groups is 1. The van der Waals surface area contributed by atoms with Crippen molar-refractivity contribution in [2.24, 2.45) is 0 Å². The van der Waals surface area contributed by atoms with Gasteiger partial charge in [-0.15, -0.1) is 0 Å². The lowest BCUT2D eigenvalue weighted by Crippen LogP contribution is -2.14. The molecule has 0 saturated carbocycles. The monoisotopic (exact) mass is 364 g/mol. The molecule has 0 amide bonds. The molecule has 0 radical (unpaired) electrons. The molecule has 136 valence electrons. The summed E-state index contributed by atoms with van der Waals surface area (Å²) in [6, 6.07) is 8.02. The molecule has 0 spiro atoms. The Bertz CT molecular complexity index is 827. The van der Waals surface area contributed by atoms with Gasteiger partial charge in [0.2, 0.25) is 0 Å². The van der Waals surface area contributed by atoms with Crippen molar-refractivity contribution in [2.75, 3.05) is 13.7 Å². The van der Waals surface area contributed by atoms with E-state index in [9.17, 15) is 23.2 Å². The zero-order valence-electron chi connectivity index (χ0n) is 14.0. The van der Waals surface area contributed by atoms with Crippen LogP contribution in [0, 0.1) is 11.3 Å². The number of ether oxygens (including phenoxy) is 2. The summed E-state index contributed by atoms with van der Waals surface area (Å²) in [4.78, 5) is 16.3. The Hall–Kier alpha value is -3.08. The van der Waals surface area contributed by atoms with E-state index >= 15 is 0 Å². The van der Waals surface area contributed by atoms with Crippen molar-refractivity contribution >= 4 is 5.78 Å². The molecule has 0 fully saturated rings. The number of pyridine rings is 1. The Balaban J connectivity index is 2.34. The third-order valence-corrected chi connectivity index (χ3v) is 3.55. The zero-order chi connectivity index (χ0) is 19.3. The fourth-order valence-electron chi connectivity index (χ4n) is 2.27. The average Bonchev–Trinajstić information content (AvgIpc) is 2.62. The number of halogens is 3. The summed E-state index contributed by atoms with van der Waals surface area (Å²) >= 11 is 0. The van der Waals surface area contributed by atoms with Gasteiger partial charge in [-0.1, -0.05) is 0 Å². The minimum Gasteiger partial charge on any atom is -0.493 e. The molecule has 8 heteroatoms. The van der Waals surface area contributed by atoms with Gasteiger partial charge in [0.25, 0.3) is 0 Å². The van der Waals surface area contributed by atoms with E-state index in [1.54, 1.807) is 13.0 Å². The number of ketones is 1.